The van der Waals surface area contributed by atoms with Gasteiger partial charge >= 0.3 is 0 Å². The minimum Gasteiger partial charge on any atom is -0.506 e. The van der Waals surface area contributed by atoms with Gasteiger partial charge in [-0.05, 0) is 36.4 Å². The fourth-order valence-electron chi connectivity index (χ4n) is 1.92. The van der Waals surface area contributed by atoms with Crippen molar-refractivity contribution < 1.29 is 9.90 Å². The Morgan fingerprint density at radius 3 is 2.41 bits per heavy atom. The van der Waals surface area contributed by atoms with Gasteiger partial charge in [-0.3, -0.25) is 9.36 Å². The van der Waals surface area contributed by atoms with Crippen LogP contribution in [0.3, 0.4) is 0 Å². The zero-order valence-corrected chi connectivity index (χ0v) is 12.0. The minimum absolute atomic E-state index is 0.0815. The van der Waals surface area contributed by atoms with Crippen molar-refractivity contribution in [3.63, 3.8) is 0 Å². The summed E-state index contributed by atoms with van der Waals surface area (Å²) in [4.78, 5) is 12.2. The van der Waals surface area contributed by atoms with Crippen LogP contribution in [0, 0.1) is 0 Å². The van der Waals surface area contributed by atoms with E-state index in [-0.39, 0.29) is 11.7 Å². The molecule has 3 rings (SSSR count). The lowest BCUT2D eigenvalue weighted by Gasteiger charge is -2.08. The van der Waals surface area contributed by atoms with Crippen molar-refractivity contribution in [2.75, 3.05) is 5.32 Å². The number of hydrogen-bond acceptors (Lipinski definition) is 4. The number of halogens is 1. The summed E-state index contributed by atoms with van der Waals surface area (Å²) < 4.78 is 1.73. The van der Waals surface area contributed by atoms with E-state index in [4.69, 9.17) is 11.6 Å². The summed E-state index contributed by atoms with van der Waals surface area (Å²) in [5, 5.41) is 20.2. The van der Waals surface area contributed by atoms with E-state index in [0.717, 1.165) is 5.69 Å². The molecule has 7 heteroatoms. The Labute approximate surface area is 131 Å². The number of anilines is 1. The molecule has 6 nitrogen and oxygen atoms in total. The van der Waals surface area contributed by atoms with Crippen LogP contribution in [0.4, 0.5) is 5.69 Å². The van der Waals surface area contributed by atoms with E-state index in [0.29, 0.717) is 16.3 Å². The van der Waals surface area contributed by atoms with E-state index in [1.54, 1.807) is 53.6 Å². The van der Waals surface area contributed by atoms with E-state index >= 15 is 0 Å². The molecule has 2 aromatic carbocycles. The molecule has 0 bridgehead atoms. The molecule has 1 heterocycles. The first-order chi connectivity index (χ1) is 10.6. The van der Waals surface area contributed by atoms with Gasteiger partial charge < -0.3 is 10.4 Å². The molecular formula is C15H11ClN4O2. The van der Waals surface area contributed by atoms with Crippen LogP contribution >= 0.6 is 11.6 Å². The Morgan fingerprint density at radius 1 is 1.09 bits per heavy atom. The first kappa shape index (κ1) is 14.1. The van der Waals surface area contributed by atoms with E-state index in [2.05, 4.69) is 15.5 Å². The lowest BCUT2D eigenvalue weighted by Crippen LogP contribution is -2.12. The molecule has 0 fully saturated rings. The number of amides is 1. The van der Waals surface area contributed by atoms with Gasteiger partial charge in [0.25, 0.3) is 5.91 Å². The van der Waals surface area contributed by atoms with E-state index in [1.807, 2.05) is 0 Å². The number of carbonyl (C=O) groups excluding carboxylic acids is 1. The lowest BCUT2D eigenvalue weighted by atomic mass is 10.2. The molecule has 1 aromatic heterocycles. The Morgan fingerprint density at radius 2 is 1.77 bits per heavy atom. The van der Waals surface area contributed by atoms with Gasteiger partial charge in [0.2, 0.25) is 0 Å². The molecule has 110 valence electrons. The summed E-state index contributed by atoms with van der Waals surface area (Å²) in [7, 11) is 0. The largest absolute Gasteiger partial charge is 0.506 e. The normalized spacial score (nSPS) is 10.4. The van der Waals surface area contributed by atoms with Gasteiger partial charge in [-0.25, -0.2) is 0 Å². The molecule has 0 radical (unpaired) electrons. The number of benzene rings is 2. The van der Waals surface area contributed by atoms with Crippen molar-refractivity contribution in [2.24, 2.45) is 0 Å². The molecule has 0 spiro atoms. The van der Waals surface area contributed by atoms with Crippen molar-refractivity contribution in [1.29, 1.82) is 0 Å². The second kappa shape index (κ2) is 5.87. The summed E-state index contributed by atoms with van der Waals surface area (Å²) in [6.07, 6.45) is 3.14. The number of carbonyl (C=O) groups is 1. The third-order valence-electron chi connectivity index (χ3n) is 3.05. The molecule has 0 unspecified atom stereocenters. The maximum atomic E-state index is 12.2. The Kier molecular flexibility index (Phi) is 3.76. The molecule has 0 saturated carbocycles. The maximum Gasteiger partial charge on any atom is 0.255 e. The van der Waals surface area contributed by atoms with Crippen LogP contribution in [-0.2, 0) is 0 Å². The Bertz CT molecular complexity index is 801. The third-order valence-corrected chi connectivity index (χ3v) is 3.29. The first-order valence-electron chi connectivity index (χ1n) is 6.38. The summed E-state index contributed by atoms with van der Waals surface area (Å²) in [6, 6.07) is 11.4. The van der Waals surface area contributed by atoms with Gasteiger partial charge in [-0.2, -0.15) is 0 Å². The number of phenolic OH excluding ortho intramolecular Hbond substituents is 1. The molecule has 0 aliphatic carbocycles. The number of nitrogens with one attached hydrogen (secondary N) is 1. The fourth-order valence-corrected chi connectivity index (χ4v) is 2.09. The van der Waals surface area contributed by atoms with Gasteiger partial charge in [0.1, 0.15) is 18.4 Å². The highest BCUT2D eigenvalue weighted by atomic mass is 35.5. The molecule has 22 heavy (non-hydrogen) atoms. The first-order valence-corrected chi connectivity index (χ1v) is 6.76. The van der Waals surface area contributed by atoms with Crippen LogP contribution in [0.1, 0.15) is 10.4 Å². The Balaban J connectivity index is 1.77. The monoisotopic (exact) mass is 314 g/mol. The highest BCUT2D eigenvalue weighted by Crippen LogP contribution is 2.27. The quantitative estimate of drug-likeness (QED) is 0.728. The van der Waals surface area contributed by atoms with E-state index in [9.17, 15) is 9.90 Å². The van der Waals surface area contributed by atoms with Crippen molar-refractivity contribution in [2.45, 2.75) is 0 Å². The zero-order chi connectivity index (χ0) is 15.5. The van der Waals surface area contributed by atoms with E-state index in [1.165, 1.54) is 6.07 Å². The standard InChI is InChI=1S/C15H11ClN4O2/c16-11-3-6-13(14(21)7-11)19-15(22)10-1-4-12(5-2-10)20-8-17-18-9-20/h1-9,21H,(H,19,22). The van der Waals surface area contributed by atoms with Crippen LogP contribution in [-0.4, -0.2) is 25.8 Å². The van der Waals surface area contributed by atoms with Crippen LogP contribution in [0.2, 0.25) is 5.02 Å². The van der Waals surface area contributed by atoms with Crippen LogP contribution in [0.15, 0.2) is 55.1 Å². The van der Waals surface area contributed by atoms with Gasteiger partial charge in [0, 0.05) is 22.3 Å². The lowest BCUT2D eigenvalue weighted by molar-refractivity contribution is 0.102. The summed E-state index contributed by atoms with van der Waals surface area (Å²) >= 11 is 5.75. The average molecular weight is 315 g/mol. The molecule has 0 atom stereocenters. The Hall–Kier alpha value is -2.86. The fraction of sp³-hybridized carbons (Fsp3) is 0. The predicted octanol–water partition coefficient (Wildman–Crippen LogP) is 2.88. The SMILES string of the molecule is O=C(Nc1ccc(Cl)cc1O)c1ccc(-n2cnnc2)cc1. The number of nitrogens with zero attached hydrogens (tertiary/aromatic N) is 3. The highest BCUT2D eigenvalue weighted by Gasteiger charge is 2.09. The third kappa shape index (κ3) is 2.91. The van der Waals surface area contributed by atoms with Crippen molar-refractivity contribution in [3.8, 4) is 11.4 Å². The summed E-state index contributed by atoms with van der Waals surface area (Å²) in [5.41, 5.74) is 1.61. The zero-order valence-electron chi connectivity index (χ0n) is 11.3. The van der Waals surface area contributed by atoms with Crippen molar-refractivity contribution >= 4 is 23.2 Å². The van der Waals surface area contributed by atoms with Crippen molar-refractivity contribution in [3.05, 3.63) is 65.7 Å². The van der Waals surface area contributed by atoms with Gasteiger partial charge in [0.15, 0.2) is 0 Å². The van der Waals surface area contributed by atoms with Gasteiger partial charge in [0.05, 0.1) is 5.69 Å². The average Bonchev–Trinajstić information content (AvgIpc) is 3.04. The molecular weight excluding hydrogens is 304 g/mol. The molecule has 0 aliphatic heterocycles. The van der Waals surface area contributed by atoms with E-state index < -0.39 is 0 Å². The minimum atomic E-state index is -0.326. The summed E-state index contributed by atoms with van der Waals surface area (Å²) in [6.45, 7) is 0. The van der Waals surface area contributed by atoms with Gasteiger partial charge in [-0.1, -0.05) is 11.6 Å². The smallest absolute Gasteiger partial charge is 0.255 e. The van der Waals surface area contributed by atoms with Crippen LogP contribution < -0.4 is 5.32 Å². The number of hydrogen-bond donors (Lipinski definition) is 2. The second-order valence-electron chi connectivity index (χ2n) is 4.53. The molecule has 1 amide bonds. The topological polar surface area (TPSA) is 80.0 Å². The number of aromatic nitrogens is 3. The molecule has 0 saturated heterocycles. The maximum absolute atomic E-state index is 12.2. The number of aromatic hydroxyl groups is 1. The van der Waals surface area contributed by atoms with Crippen LogP contribution in [0.25, 0.3) is 5.69 Å². The van der Waals surface area contributed by atoms with Crippen LogP contribution in [0.5, 0.6) is 5.75 Å². The molecule has 2 N–H and O–H groups in total. The summed E-state index contributed by atoms with van der Waals surface area (Å²) in [5.74, 6) is -0.408. The van der Waals surface area contributed by atoms with Gasteiger partial charge in [-0.15, -0.1) is 10.2 Å². The predicted molar refractivity (Wildman–Crippen MR) is 82.4 cm³/mol. The molecule has 3 aromatic rings. The second-order valence-corrected chi connectivity index (χ2v) is 4.97. The van der Waals surface area contributed by atoms with Crippen molar-refractivity contribution in [1.82, 2.24) is 14.8 Å². The number of phenols is 1. The number of rotatable bonds is 3. The molecule has 0 aliphatic rings. The highest BCUT2D eigenvalue weighted by molar-refractivity contribution is 6.30.